The molecule has 0 spiro atoms. The molecule has 0 aliphatic rings. The van der Waals surface area contributed by atoms with Gasteiger partial charge in [0.15, 0.2) is 11.8 Å². The highest BCUT2D eigenvalue weighted by molar-refractivity contribution is 7.98. The van der Waals surface area contributed by atoms with Gasteiger partial charge in [0.2, 0.25) is 0 Å². The van der Waals surface area contributed by atoms with Gasteiger partial charge in [0, 0.05) is 5.69 Å². The van der Waals surface area contributed by atoms with Gasteiger partial charge in [-0.25, -0.2) is 4.79 Å². The lowest BCUT2D eigenvalue weighted by molar-refractivity contribution is -0.119. The van der Waals surface area contributed by atoms with Crippen molar-refractivity contribution in [3.63, 3.8) is 0 Å². The van der Waals surface area contributed by atoms with E-state index in [1.807, 2.05) is 30.7 Å². The predicted molar refractivity (Wildman–Crippen MR) is 114 cm³/mol. The third-order valence-electron chi connectivity index (χ3n) is 4.13. The van der Waals surface area contributed by atoms with Crippen molar-refractivity contribution >= 4 is 29.3 Å². The fourth-order valence-corrected chi connectivity index (χ4v) is 3.31. The van der Waals surface area contributed by atoms with Gasteiger partial charge in [0.05, 0.1) is 17.9 Å². The summed E-state index contributed by atoms with van der Waals surface area (Å²) in [5.74, 6) is 0.278. The molecule has 3 rings (SSSR count). The number of esters is 1. The van der Waals surface area contributed by atoms with E-state index in [1.54, 1.807) is 42.5 Å². The van der Waals surface area contributed by atoms with Crippen LogP contribution in [0.2, 0.25) is 0 Å². The molecule has 1 amide bonds. The minimum Gasteiger partial charge on any atom is -0.492 e. The monoisotopic (exact) mass is 426 g/mol. The quantitative estimate of drug-likeness (QED) is 0.435. The van der Waals surface area contributed by atoms with Crippen LogP contribution in [0.15, 0.2) is 53.7 Å². The first kappa shape index (κ1) is 21.4. The number of amides is 1. The molecule has 1 heterocycles. The van der Waals surface area contributed by atoms with Gasteiger partial charge in [-0.2, -0.15) is 0 Å². The number of carbonyl (C=O) groups excluding carboxylic acids is 2. The Balaban J connectivity index is 1.60. The van der Waals surface area contributed by atoms with Crippen molar-refractivity contribution in [2.75, 3.05) is 24.8 Å². The van der Waals surface area contributed by atoms with Crippen LogP contribution in [0.4, 0.5) is 5.69 Å². The summed E-state index contributed by atoms with van der Waals surface area (Å²) < 4.78 is 12.5. The van der Waals surface area contributed by atoms with Crippen LogP contribution in [0.1, 0.15) is 23.1 Å². The Morgan fingerprint density at radius 1 is 1.10 bits per heavy atom. The van der Waals surface area contributed by atoms with Crippen molar-refractivity contribution < 1.29 is 19.1 Å². The van der Waals surface area contributed by atoms with Crippen molar-refractivity contribution in [3.8, 4) is 11.4 Å². The summed E-state index contributed by atoms with van der Waals surface area (Å²) >= 11 is 1.48. The highest BCUT2D eigenvalue weighted by Gasteiger charge is 2.14. The van der Waals surface area contributed by atoms with Crippen molar-refractivity contribution in [1.82, 2.24) is 14.8 Å². The third-order valence-corrected chi connectivity index (χ3v) is 4.76. The Labute approximate surface area is 178 Å². The van der Waals surface area contributed by atoms with Crippen LogP contribution < -0.4 is 10.1 Å². The number of thioether (sulfide) groups is 1. The van der Waals surface area contributed by atoms with E-state index < -0.39 is 18.5 Å². The highest BCUT2D eigenvalue weighted by atomic mass is 32.2. The zero-order chi connectivity index (χ0) is 21.5. The molecule has 2 aromatic carbocycles. The second-order valence-corrected chi connectivity index (χ2v) is 6.94. The number of nitrogens with one attached hydrogen (secondary N) is 1. The minimum atomic E-state index is -0.583. The molecule has 0 fully saturated rings. The van der Waals surface area contributed by atoms with Gasteiger partial charge in [-0.3, -0.25) is 9.36 Å². The molecular formula is C21H22N4O4S. The lowest BCUT2D eigenvalue weighted by Crippen LogP contribution is -2.21. The zero-order valence-corrected chi connectivity index (χ0v) is 17.7. The van der Waals surface area contributed by atoms with Crippen LogP contribution in [0.25, 0.3) is 5.69 Å². The summed E-state index contributed by atoms with van der Waals surface area (Å²) in [5.41, 5.74) is 1.71. The summed E-state index contributed by atoms with van der Waals surface area (Å²) in [6.45, 7) is 3.79. The van der Waals surface area contributed by atoms with Gasteiger partial charge in [-0.15, -0.1) is 10.2 Å². The Morgan fingerprint density at radius 2 is 1.83 bits per heavy atom. The Hall–Kier alpha value is -3.33. The molecule has 8 nitrogen and oxygen atoms in total. The van der Waals surface area contributed by atoms with Crippen LogP contribution in [0.5, 0.6) is 5.75 Å². The number of anilines is 1. The number of aryl methyl sites for hydroxylation is 1. The lowest BCUT2D eigenvalue weighted by atomic mass is 10.2. The molecule has 0 aliphatic carbocycles. The van der Waals surface area contributed by atoms with E-state index >= 15 is 0 Å². The number of ether oxygens (including phenoxy) is 2. The molecule has 30 heavy (non-hydrogen) atoms. The highest BCUT2D eigenvalue weighted by Crippen LogP contribution is 2.23. The molecule has 0 aliphatic heterocycles. The molecule has 156 valence electrons. The van der Waals surface area contributed by atoms with Gasteiger partial charge >= 0.3 is 5.97 Å². The maximum atomic E-state index is 12.3. The zero-order valence-electron chi connectivity index (χ0n) is 16.9. The second-order valence-electron chi connectivity index (χ2n) is 6.17. The van der Waals surface area contributed by atoms with Crippen LogP contribution >= 0.6 is 11.8 Å². The first-order valence-corrected chi connectivity index (χ1v) is 10.5. The summed E-state index contributed by atoms with van der Waals surface area (Å²) in [7, 11) is 0. The Kier molecular flexibility index (Phi) is 7.08. The standard InChI is InChI=1S/C21H22N4O4S/c1-4-28-18-8-6-5-7-17(18)22-19(26)13-29-20(27)15-9-11-16(12-10-15)25-14(2)23-24-21(25)30-3/h5-12H,4,13H2,1-3H3,(H,22,26). The fraction of sp³-hybridized carbons (Fsp3) is 0.238. The van der Waals surface area contributed by atoms with E-state index in [2.05, 4.69) is 15.5 Å². The SMILES string of the molecule is CCOc1ccccc1NC(=O)COC(=O)c1ccc(-n2c(C)nnc2SC)cc1. The number of hydrogen-bond donors (Lipinski definition) is 1. The number of aromatic nitrogens is 3. The molecule has 0 unspecified atom stereocenters. The van der Waals surface area contributed by atoms with E-state index in [1.165, 1.54) is 11.8 Å². The van der Waals surface area contributed by atoms with Crippen LogP contribution in [-0.4, -0.2) is 46.1 Å². The number of benzene rings is 2. The normalized spacial score (nSPS) is 10.5. The first-order valence-electron chi connectivity index (χ1n) is 9.28. The van der Waals surface area contributed by atoms with E-state index in [0.29, 0.717) is 23.6 Å². The van der Waals surface area contributed by atoms with E-state index in [0.717, 1.165) is 16.7 Å². The molecule has 0 atom stereocenters. The molecule has 1 N–H and O–H groups in total. The first-order chi connectivity index (χ1) is 14.5. The van der Waals surface area contributed by atoms with Crippen LogP contribution in [0.3, 0.4) is 0 Å². The number of nitrogens with zero attached hydrogens (tertiary/aromatic N) is 3. The predicted octanol–water partition coefficient (Wildman–Crippen LogP) is 3.49. The molecule has 1 aromatic heterocycles. The minimum absolute atomic E-state index is 0.345. The molecule has 3 aromatic rings. The van der Waals surface area contributed by atoms with E-state index in [-0.39, 0.29) is 0 Å². The number of para-hydroxylation sites is 2. The largest absolute Gasteiger partial charge is 0.492 e. The maximum Gasteiger partial charge on any atom is 0.338 e. The summed E-state index contributed by atoms with van der Waals surface area (Å²) in [6, 6.07) is 13.9. The number of rotatable bonds is 8. The van der Waals surface area contributed by atoms with E-state index in [4.69, 9.17) is 9.47 Å². The topological polar surface area (TPSA) is 95.3 Å². The summed E-state index contributed by atoms with van der Waals surface area (Å²) in [6.07, 6.45) is 1.92. The van der Waals surface area contributed by atoms with Crippen molar-refractivity contribution in [2.45, 2.75) is 19.0 Å². The van der Waals surface area contributed by atoms with E-state index in [9.17, 15) is 9.59 Å². The summed E-state index contributed by atoms with van der Waals surface area (Å²) in [5, 5.41) is 11.6. The molecular weight excluding hydrogens is 404 g/mol. The average Bonchev–Trinajstić information content (AvgIpc) is 3.14. The van der Waals surface area contributed by atoms with Gasteiger partial charge in [0.25, 0.3) is 5.91 Å². The molecule has 0 radical (unpaired) electrons. The van der Waals surface area contributed by atoms with Gasteiger partial charge in [-0.05, 0) is 56.5 Å². The maximum absolute atomic E-state index is 12.3. The van der Waals surface area contributed by atoms with Crippen LogP contribution in [0, 0.1) is 6.92 Å². The fourth-order valence-electron chi connectivity index (χ4n) is 2.77. The molecule has 0 saturated carbocycles. The van der Waals surface area contributed by atoms with Crippen molar-refractivity contribution in [1.29, 1.82) is 0 Å². The van der Waals surface area contributed by atoms with Crippen LogP contribution in [-0.2, 0) is 9.53 Å². The Morgan fingerprint density at radius 3 is 2.53 bits per heavy atom. The second kappa shape index (κ2) is 9.93. The number of carbonyl (C=O) groups is 2. The van der Waals surface area contributed by atoms with Gasteiger partial charge < -0.3 is 14.8 Å². The van der Waals surface area contributed by atoms with Crippen molar-refractivity contribution in [3.05, 3.63) is 59.9 Å². The van der Waals surface area contributed by atoms with Crippen molar-refractivity contribution in [2.24, 2.45) is 0 Å². The number of hydrogen-bond acceptors (Lipinski definition) is 7. The van der Waals surface area contributed by atoms with Gasteiger partial charge in [-0.1, -0.05) is 23.9 Å². The van der Waals surface area contributed by atoms with Gasteiger partial charge in [0.1, 0.15) is 11.6 Å². The molecule has 9 heteroatoms. The third kappa shape index (κ3) is 4.98. The molecule has 0 bridgehead atoms. The Bertz CT molecular complexity index is 1030. The lowest BCUT2D eigenvalue weighted by Gasteiger charge is -2.11. The smallest absolute Gasteiger partial charge is 0.338 e. The summed E-state index contributed by atoms with van der Waals surface area (Å²) in [4.78, 5) is 24.5. The molecule has 0 saturated heterocycles. The average molecular weight is 426 g/mol.